The maximum Gasteiger partial charge on any atom is 0.272 e. The molecule has 2 heterocycles. The van der Waals surface area contributed by atoms with Gasteiger partial charge in [0.2, 0.25) is 0 Å². The van der Waals surface area contributed by atoms with Crippen molar-refractivity contribution in [3.05, 3.63) is 52.6 Å². The van der Waals surface area contributed by atoms with Gasteiger partial charge in [0.15, 0.2) is 0 Å². The van der Waals surface area contributed by atoms with E-state index in [-0.39, 0.29) is 23.2 Å². The fourth-order valence-corrected chi connectivity index (χ4v) is 3.21. The molecular formula is C19H22FN3O2. The number of carbonyl (C=O) groups is 2. The molecule has 25 heavy (non-hydrogen) atoms. The van der Waals surface area contributed by atoms with Gasteiger partial charge in [0, 0.05) is 24.5 Å². The monoisotopic (exact) mass is 343 g/mol. The van der Waals surface area contributed by atoms with Crippen molar-refractivity contribution in [3.8, 4) is 0 Å². The van der Waals surface area contributed by atoms with E-state index in [4.69, 9.17) is 0 Å². The summed E-state index contributed by atoms with van der Waals surface area (Å²) >= 11 is 0. The Morgan fingerprint density at radius 1 is 1.36 bits per heavy atom. The fourth-order valence-electron chi connectivity index (χ4n) is 3.21. The van der Waals surface area contributed by atoms with Gasteiger partial charge in [-0.15, -0.1) is 0 Å². The molecule has 0 aliphatic carbocycles. The molecule has 1 aromatic carbocycles. The standard InChI is InChI=1S/C19H22FN3O2/c1-11-9-12(5-6-15(11)20)21-18(25)16-13-7-8-19(2,3)22-17(24)14(13)10-23(16)4/h5-6,9-10H,7-8H2,1-4H3,(H,21,25)(H,22,24). The molecule has 0 saturated carbocycles. The number of hydrogen-bond acceptors (Lipinski definition) is 2. The number of anilines is 1. The summed E-state index contributed by atoms with van der Waals surface area (Å²) in [6, 6.07) is 4.44. The van der Waals surface area contributed by atoms with Crippen LogP contribution in [-0.2, 0) is 13.5 Å². The lowest BCUT2D eigenvalue weighted by Crippen LogP contribution is -2.42. The van der Waals surface area contributed by atoms with Crippen LogP contribution in [-0.4, -0.2) is 21.9 Å². The highest BCUT2D eigenvalue weighted by atomic mass is 19.1. The SMILES string of the molecule is Cc1cc(NC(=O)c2c3c(cn2C)C(=O)NC(C)(C)CC3)ccc1F. The number of aromatic nitrogens is 1. The van der Waals surface area contributed by atoms with Gasteiger partial charge in [0.1, 0.15) is 11.5 Å². The lowest BCUT2D eigenvalue weighted by molar-refractivity contribution is 0.0915. The third kappa shape index (κ3) is 3.29. The van der Waals surface area contributed by atoms with Crippen LogP contribution >= 0.6 is 0 Å². The average Bonchev–Trinajstić information content (AvgIpc) is 2.80. The Bertz CT molecular complexity index is 868. The summed E-state index contributed by atoms with van der Waals surface area (Å²) < 4.78 is 15.1. The Labute approximate surface area is 146 Å². The van der Waals surface area contributed by atoms with Crippen molar-refractivity contribution >= 4 is 17.5 Å². The zero-order chi connectivity index (χ0) is 18.4. The van der Waals surface area contributed by atoms with E-state index < -0.39 is 0 Å². The lowest BCUT2D eigenvalue weighted by atomic mass is 9.96. The van der Waals surface area contributed by atoms with Crippen molar-refractivity contribution in [3.63, 3.8) is 0 Å². The number of aryl methyl sites for hydroxylation is 2. The van der Waals surface area contributed by atoms with Gasteiger partial charge in [-0.05, 0) is 62.9 Å². The van der Waals surface area contributed by atoms with Gasteiger partial charge in [0.05, 0.1) is 5.56 Å². The van der Waals surface area contributed by atoms with Gasteiger partial charge in [-0.1, -0.05) is 0 Å². The Morgan fingerprint density at radius 3 is 2.76 bits per heavy atom. The zero-order valence-electron chi connectivity index (χ0n) is 14.9. The third-order valence-electron chi connectivity index (χ3n) is 4.61. The third-order valence-corrected chi connectivity index (χ3v) is 4.61. The van der Waals surface area contributed by atoms with Crippen molar-refractivity contribution in [2.24, 2.45) is 7.05 Å². The molecule has 6 heteroatoms. The maximum absolute atomic E-state index is 13.4. The van der Waals surface area contributed by atoms with Crippen molar-refractivity contribution in [1.29, 1.82) is 0 Å². The van der Waals surface area contributed by atoms with Gasteiger partial charge in [-0.3, -0.25) is 9.59 Å². The van der Waals surface area contributed by atoms with Crippen molar-refractivity contribution in [2.75, 3.05) is 5.32 Å². The maximum atomic E-state index is 13.4. The zero-order valence-corrected chi connectivity index (χ0v) is 14.9. The second-order valence-corrected chi connectivity index (χ2v) is 7.24. The number of nitrogens with one attached hydrogen (secondary N) is 2. The summed E-state index contributed by atoms with van der Waals surface area (Å²) in [5, 5.41) is 5.79. The molecule has 5 nitrogen and oxygen atoms in total. The number of carbonyl (C=O) groups excluding carboxylic acids is 2. The molecular weight excluding hydrogens is 321 g/mol. The molecule has 0 spiro atoms. The molecule has 3 rings (SSSR count). The first-order chi connectivity index (χ1) is 11.7. The number of benzene rings is 1. The molecule has 1 aromatic heterocycles. The molecule has 0 saturated heterocycles. The molecule has 1 aliphatic heterocycles. The van der Waals surface area contributed by atoms with Gasteiger partial charge in [-0.2, -0.15) is 0 Å². The normalized spacial score (nSPS) is 16.0. The molecule has 0 atom stereocenters. The highest BCUT2D eigenvalue weighted by Crippen LogP contribution is 2.27. The van der Waals surface area contributed by atoms with E-state index >= 15 is 0 Å². The highest BCUT2D eigenvalue weighted by molar-refractivity contribution is 6.07. The predicted molar refractivity (Wildman–Crippen MR) is 94.4 cm³/mol. The first-order valence-electron chi connectivity index (χ1n) is 8.26. The van der Waals surface area contributed by atoms with E-state index in [1.54, 1.807) is 30.8 Å². The topological polar surface area (TPSA) is 63.1 Å². The fraction of sp³-hybridized carbons (Fsp3) is 0.368. The summed E-state index contributed by atoms with van der Waals surface area (Å²) in [6.07, 6.45) is 3.07. The van der Waals surface area contributed by atoms with Gasteiger partial charge >= 0.3 is 0 Å². The smallest absolute Gasteiger partial charge is 0.272 e. The van der Waals surface area contributed by atoms with Crippen LogP contribution in [0.3, 0.4) is 0 Å². The Morgan fingerprint density at radius 2 is 2.08 bits per heavy atom. The number of rotatable bonds is 2. The van der Waals surface area contributed by atoms with Crippen molar-refractivity contribution in [2.45, 2.75) is 39.2 Å². The highest BCUT2D eigenvalue weighted by Gasteiger charge is 2.31. The largest absolute Gasteiger partial charge is 0.347 e. The molecule has 2 aromatic rings. The molecule has 2 amide bonds. The Kier molecular flexibility index (Phi) is 4.14. The van der Waals surface area contributed by atoms with Gasteiger partial charge in [-0.25, -0.2) is 4.39 Å². The van der Waals surface area contributed by atoms with E-state index in [1.165, 1.54) is 12.1 Å². The molecule has 0 bridgehead atoms. The second kappa shape index (κ2) is 6.02. The molecule has 2 N–H and O–H groups in total. The van der Waals surface area contributed by atoms with E-state index in [1.807, 2.05) is 13.8 Å². The Balaban J connectivity index is 1.94. The van der Waals surface area contributed by atoms with Crippen LogP contribution in [0.2, 0.25) is 0 Å². The minimum atomic E-state index is -0.316. The summed E-state index contributed by atoms with van der Waals surface area (Å²) in [5.74, 6) is -0.781. The molecule has 1 aliphatic rings. The van der Waals surface area contributed by atoms with Crippen molar-refractivity contribution < 1.29 is 14.0 Å². The molecule has 0 fully saturated rings. The summed E-state index contributed by atoms with van der Waals surface area (Å²) in [5.41, 5.74) is 2.42. The van der Waals surface area contributed by atoms with Gasteiger partial charge < -0.3 is 15.2 Å². The number of amides is 2. The quantitative estimate of drug-likeness (QED) is 0.880. The predicted octanol–water partition coefficient (Wildman–Crippen LogP) is 3.18. The first kappa shape index (κ1) is 17.2. The van der Waals surface area contributed by atoms with E-state index in [0.29, 0.717) is 28.9 Å². The van der Waals surface area contributed by atoms with Crippen molar-refractivity contribution in [1.82, 2.24) is 9.88 Å². The number of fused-ring (bicyclic) bond motifs is 1. The molecule has 132 valence electrons. The second-order valence-electron chi connectivity index (χ2n) is 7.24. The van der Waals surface area contributed by atoms with Gasteiger partial charge in [0.25, 0.3) is 11.8 Å². The van der Waals surface area contributed by atoms with E-state index in [9.17, 15) is 14.0 Å². The summed E-state index contributed by atoms with van der Waals surface area (Å²) in [4.78, 5) is 25.2. The lowest BCUT2D eigenvalue weighted by Gasteiger charge is -2.23. The van der Waals surface area contributed by atoms with Crippen LogP contribution in [0.5, 0.6) is 0 Å². The molecule has 0 radical (unpaired) electrons. The minimum absolute atomic E-state index is 0.162. The van der Waals surface area contributed by atoms with Crippen LogP contribution in [0.15, 0.2) is 24.4 Å². The van der Waals surface area contributed by atoms with E-state index in [2.05, 4.69) is 10.6 Å². The Hall–Kier alpha value is -2.63. The van der Waals surface area contributed by atoms with Crippen LogP contribution in [0.25, 0.3) is 0 Å². The van der Waals surface area contributed by atoms with Crippen LogP contribution in [0, 0.1) is 12.7 Å². The first-order valence-corrected chi connectivity index (χ1v) is 8.26. The van der Waals surface area contributed by atoms with Crippen LogP contribution < -0.4 is 10.6 Å². The minimum Gasteiger partial charge on any atom is -0.347 e. The molecule has 0 unspecified atom stereocenters. The van der Waals surface area contributed by atoms with Crippen LogP contribution in [0.4, 0.5) is 10.1 Å². The van der Waals surface area contributed by atoms with E-state index in [0.717, 1.165) is 12.0 Å². The number of halogens is 1. The average molecular weight is 343 g/mol. The summed E-state index contributed by atoms with van der Waals surface area (Å²) in [7, 11) is 1.75. The number of hydrogen-bond donors (Lipinski definition) is 2. The summed E-state index contributed by atoms with van der Waals surface area (Å²) in [6.45, 7) is 5.58. The number of nitrogens with zero attached hydrogens (tertiary/aromatic N) is 1. The van der Waals surface area contributed by atoms with Crippen LogP contribution in [0.1, 0.15) is 52.2 Å².